The fraction of sp³-hybridized carbons (Fsp3) is 0.444. The number of amides is 1. The lowest BCUT2D eigenvalue weighted by atomic mass is 10.2. The van der Waals surface area contributed by atoms with E-state index in [1.807, 2.05) is 6.92 Å². The second-order valence-corrected chi connectivity index (χ2v) is 3.11. The number of nitrogens with two attached hydrogens (primary N) is 1. The molecule has 76 valence electrons. The van der Waals surface area contributed by atoms with Gasteiger partial charge < -0.3 is 11.1 Å². The molecule has 5 heteroatoms. The Balaban J connectivity index is 2.36. The van der Waals surface area contributed by atoms with Crippen LogP contribution in [0.3, 0.4) is 0 Å². The van der Waals surface area contributed by atoms with Gasteiger partial charge in [-0.15, -0.1) is 0 Å². The van der Waals surface area contributed by atoms with Gasteiger partial charge in [-0.25, -0.2) is 4.98 Å². The molecule has 0 saturated carbocycles. The van der Waals surface area contributed by atoms with Crippen molar-refractivity contribution in [3.8, 4) is 0 Å². The average molecular weight is 194 g/mol. The third-order valence-corrected chi connectivity index (χ3v) is 1.68. The number of hydrogen-bond donors (Lipinski definition) is 2. The van der Waals surface area contributed by atoms with Gasteiger partial charge in [0.05, 0.1) is 6.20 Å². The molecule has 1 rings (SSSR count). The lowest BCUT2D eigenvalue weighted by molar-refractivity contribution is 0.0947. The summed E-state index contributed by atoms with van der Waals surface area (Å²) >= 11 is 0. The molecule has 1 aromatic rings. The highest BCUT2D eigenvalue weighted by atomic mass is 16.1. The molecule has 1 aromatic heterocycles. The summed E-state index contributed by atoms with van der Waals surface area (Å²) < 4.78 is 0. The highest BCUT2D eigenvalue weighted by molar-refractivity contribution is 5.91. The Bertz CT molecular complexity index is 286. The van der Waals surface area contributed by atoms with Crippen molar-refractivity contribution in [3.05, 3.63) is 24.3 Å². The number of nitrogens with one attached hydrogen (secondary N) is 1. The second kappa shape index (κ2) is 5.29. The van der Waals surface area contributed by atoms with Gasteiger partial charge in [0, 0.05) is 25.0 Å². The molecule has 3 N–H and O–H groups in total. The predicted octanol–water partition coefficient (Wildman–Crippen LogP) is -0.0563. The van der Waals surface area contributed by atoms with Gasteiger partial charge in [0.15, 0.2) is 0 Å². The monoisotopic (exact) mass is 194 g/mol. The first-order chi connectivity index (χ1) is 6.70. The van der Waals surface area contributed by atoms with Crippen molar-refractivity contribution < 1.29 is 4.79 Å². The molecule has 0 aliphatic rings. The standard InChI is InChI=1S/C9H14N4O/c1-7(10)2-3-13-9(14)8-6-11-4-5-12-8/h4-7H,2-3,10H2,1H3,(H,13,14). The fourth-order valence-electron chi connectivity index (χ4n) is 0.920. The van der Waals surface area contributed by atoms with Crippen molar-refractivity contribution in [1.82, 2.24) is 15.3 Å². The van der Waals surface area contributed by atoms with Crippen molar-refractivity contribution in [2.45, 2.75) is 19.4 Å². The maximum Gasteiger partial charge on any atom is 0.271 e. The SMILES string of the molecule is CC(N)CCNC(=O)c1cnccn1. The summed E-state index contributed by atoms with van der Waals surface area (Å²) in [6.07, 6.45) is 5.20. The quantitative estimate of drug-likeness (QED) is 0.703. The van der Waals surface area contributed by atoms with Crippen LogP contribution in [0.4, 0.5) is 0 Å². The molecule has 0 aliphatic heterocycles. The van der Waals surface area contributed by atoms with E-state index in [0.717, 1.165) is 6.42 Å². The number of aromatic nitrogens is 2. The van der Waals surface area contributed by atoms with Gasteiger partial charge >= 0.3 is 0 Å². The average Bonchev–Trinajstić information content (AvgIpc) is 2.18. The van der Waals surface area contributed by atoms with Crippen LogP contribution in [0.25, 0.3) is 0 Å². The molecule has 1 atom stereocenters. The van der Waals surface area contributed by atoms with Gasteiger partial charge in [-0.3, -0.25) is 9.78 Å². The maximum atomic E-state index is 11.4. The summed E-state index contributed by atoms with van der Waals surface area (Å²) in [5, 5.41) is 2.71. The van der Waals surface area contributed by atoms with Crippen LogP contribution < -0.4 is 11.1 Å². The van der Waals surface area contributed by atoms with Crippen LogP contribution in [0.2, 0.25) is 0 Å². The van der Waals surface area contributed by atoms with Crippen molar-refractivity contribution in [2.24, 2.45) is 5.73 Å². The van der Waals surface area contributed by atoms with E-state index in [1.165, 1.54) is 18.6 Å². The Morgan fingerprint density at radius 1 is 1.64 bits per heavy atom. The summed E-state index contributed by atoms with van der Waals surface area (Å²) in [6, 6.07) is 0.0946. The van der Waals surface area contributed by atoms with E-state index in [0.29, 0.717) is 12.2 Å². The van der Waals surface area contributed by atoms with Crippen LogP contribution in [-0.2, 0) is 0 Å². The minimum atomic E-state index is -0.209. The molecule has 0 aromatic carbocycles. The Morgan fingerprint density at radius 2 is 2.43 bits per heavy atom. The van der Waals surface area contributed by atoms with E-state index in [1.54, 1.807) is 0 Å². The Hall–Kier alpha value is -1.49. The summed E-state index contributed by atoms with van der Waals surface area (Å²) in [5.74, 6) is -0.209. The van der Waals surface area contributed by atoms with Crippen LogP contribution in [-0.4, -0.2) is 28.5 Å². The molecule has 5 nitrogen and oxygen atoms in total. The maximum absolute atomic E-state index is 11.4. The number of hydrogen-bond acceptors (Lipinski definition) is 4. The summed E-state index contributed by atoms with van der Waals surface area (Å²) in [6.45, 7) is 2.46. The number of rotatable bonds is 4. The zero-order chi connectivity index (χ0) is 10.4. The van der Waals surface area contributed by atoms with Crippen LogP contribution in [0, 0.1) is 0 Å². The normalized spacial score (nSPS) is 12.1. The van der Waals surface area contributed by atoms with Gasteiger partial charge in [-0.2, -0.15) is 0 Å². The fourth-order valence-corrected chi connectivity index (χ4v) is 0.920. The van der Waals surface area contributed by atoms with Gasteiger partial charge in [0.25, 0.3) is 5.91 Å². The molecule has 0 radical (unpaired) electrons. The first-order valence-corrected chi connectivity index (χ1v) is 4.50. The van der Waals surface area contributed by atoms with Crippen molar-refractivity contribution in [2.75, 3.05) is 6.54 Å². The largest absolute Gasteiger partial charge is 0.351 e. The minimum Gasteiger partial charge on any atom is -0.351 e. The first-order valence-electron chi connectivity index (χ1n) is 4.50. The summed E-state index contributed by atoms with van der Waals surface area (Å²) in [5.41, 5.74) is 5.87. The lowest BCUT2D eigenvalue weighted by Gasteiger charge is -2.06. The molecule has 14 heavy (non-hydrogen) atoms. The number of carbonyl (C=O) groups excluding carboxylic acids is 1. The highest BCUT2D eigenvalue weighted by Crippen LogP contribution is 1.90. The summed E-state index contributed by atoms with van der Waals surface area (Å²) in [7, 11) is 0. The van der Waals surface area contributed by atoms with Crippen LogP contribution in [0.15, 0.2) is 18.6 Å². The number of nitrogens with zero attached hydrogens (tertiary/aromatic N) is 2. The van der Waals surface area contributed by atoms with Gasteiger partial charge in [0.1, 0.15) is 5.69 Å². The molecule has 1 heterocycles. The zero-order valence-electron chi connectivity index (χ0n) is 8.10. The third kappa shape index (κ3) is 3.49. The van der Waals surface area contributed by atoms with E-state index < -0.39 is 0 Å². The molecular formula is C9H14N4O. The van der Waals surface area contributed by atoms with Gasteiger partial charge in [-0.1, -0.05) is 0 Å². The highest BCUT2D eigenvalue weighted by Gasteiger charge is 2.05. The van der Waals surface area contributed by atoms with Crippen molar-refractivity contribution in [1.29, 1.82) is 0 Å². The van der Waals surface area contributed by atoms with Crippen LogP contribution in [0.1, 0.15) is 23.8 Å². The first kappa shape index (κ1) is 10.6. The smallest absolute Gasteiger partial charge is 0.271 e. The molecule has 1 amide bonds. The number of carbonyl (C=O) groups is 1. The molecule has 0 spiro atoms. The minimum absolute atomic E-state index is 0.0946. The van der Waals surface area contributed by atoms with E-state index in [2.05, 4.69) is 15.3 Å². The van der Waals surface area contributed by atoms with Crippen molar-refractivity contribution >= 4 is 5.91 Å². The summed E-state index contributed by atoms with van der Waals surface area (Å²) in [4.78, 5) is 19.0. The molecule has 0 fully saturated rings. The Kier molecular flexibility index (Phi) is 4.00. The van der Waals surface area contributed by atoms with E-state index in [4.69, 9.17) is 5.73 Å². The van der Waals surface area contributed by atoms with E-state index in [-0.39, 0.29) is 11.9 Å². The molecular weight excluding hydrogens is 180 g/mol. The zero-order valence-corrected chi connectivity index (χ0v) is 8.10. The lowest BCUT2D eigenvalue weighted by Crippen LogP contribution is -2.29. The Morgan fingerprint density at radius 3 is 3.00 bits per heavy atom. The third-order valence-electron chi connectivity index (χ3n) is 1.68. The second-order valence-electron chi connectivity index (χ2n) is 3.11. The molecule has 0 bridgehead atoms. The Labute approximate surface area is 82.7 Å². The van der Waals surface area contributed by atoms with Gasteiger partial charge in [0.2, 0.25) is 0 Å². The molecule has 1 unspecified atom stereocenters. The van der Waals surface area contributed by atoms with Crippen LogP contribution in [0.5, 0.6) is 0 Å². The van der Waals surface area contributed by atoms with Gasteiger partial charge in [-0.05, 0) is 13.3 Å². The van der Waals surface area contributed by atoms with E-state index >= 15 is 0 Å². The van der Waals surface area contributed by atoms with E-state index in [9.17, 15) is 4.79 Å². The van der Waals surface area contributed by atoms with Crippen molar-refractivity contribution in [3.63, 3.8) is 0 Å². The van der Waals surface area contributed by atoms with Crippen LogP contribution >= 0.6 is 0 Å². The topological polar surface area (TPSA) is 80.9 Å². The molecule has 0 saturated heterocycles. The molecule has 0 aliphatic carbocycles. The predicted molar refractivity (Wildman–Crippen MR) is 52.6 cm³/mol.